The van der Waals surface area contributed by atoms with Crippen LogP contribution in [0.4, 0.5) is 8.78 Å². The molecule has 0 amide bonds. The molecule has 0 aliphatic carbocycles. The Morgan fingerprint density at radius 3 is 2.79 bits per heavy atom. The first-order valence-corrected chi connectivity index (χ1v) is 9.16. The van der Waals surface area contributed by atoms with Gasteiger partial charge in [0, 0.05) is 35.5 Å². The number of nitrogens with zero attached hydrogens (tertiary/aromatic N) is 2. The second-order valence-electron chi connectivity index (χ2n) is 6.80. The normalized spacial score (nSPS) is 16.7. The molecule has 3 heterocycles. The Morgan fingerprint density at radius 2 is 2.07 bits per heavy atom. The van der Waals surface area contributed by atoms with Crippen LogP contribution >= 0.6 is 0 Å². The molecule has 2 aromatic heterocycles. The fourth-order valence-electron chi connectivity index (χ4n) is 3.62. The van der Waals surface area contributed by atoms with Gasteiger partial charge in [-0.3, -0.25) is 4.98 Å². The molecule has 5 nitrogen and oxygen atoms in total. The number of aromatic nitrogens is 2. The minimum absolute atomic E-state index is 0.0633. The van der Waals surface area contributed by atoms with Crippen molar-refractivity contribution < 1.29 is 18.3 Å². The smallest absolute Gasteiger partial charge is 0.269 e. The number of nitrogens with one attached hydrogen (secondary N) is 1. The number of pyridine rings is 2. The molecule has 1 aliphatic heterocycles. The van der Waals surface area contributed by atoms with Gasteiger partial charge in [-0.2, -0.15) is 0 Å². The van der Waals surface area contributed by atoms with Gasteiger partial charge in [-0.1, -0.05) is 0 Å². The van der Waals surface area contributed by atoms with E-state index in [1.807, 2.05) is 25.1 Å². The zero-order valence-corrected chi connectivity index (χ0v) is 15.7. The number of hydrogen-bond acceptors (Lipinski definition) is 5. The average Bonchev–Trinajstić information content (AvgIpc) is 3.22. The lowest BCUT2D eigenvalue weighted by Gasteiger charge is -2.17. The maximum absolute atomic E-state index is 13.4. The maximum atomic E-state index is 13.4. The fraction of sp³-hybridized carbons (Fsp3) is 0.333. The molecule has 0 bridgehead atoms. The SMILES string of the molecule is COc1ncc(-c2ccnc3ccc(OC4CCNC4)c(C)c23)cc1C(F)F. The Balaban J connectivity index is 1.84. The molecular weight excluding hydrogens is 364 g/mol. The molecule has 1 unspecified atom stereocenters. The Labute approximate surface area is 161 Å². The van der Waals surface area contributed by atoms with Gasteiger partial charge < -0.3 is 14.8 Å². The standard InChI is InChI=1S/C21H21F2N3O2/c1-12-18(28-14-5-7-24-11-14)4-3-17-19(12)15(6-8-25-17)13-9-16(20(22)23)21(27-2)26-10-13/h3-4,6,8-10,14,20,24H,5,7,11H2,1-2H3. The first kappa shape index (κ1) is 18.6. The third-order valence-electron chi connectivity index (χ3n) is 5.04. The Kier molecular flexibility index (Phi) is 5.09. The summed E-state index contributed by atoms with van der Waals surface area (Å²) in [6, 6.07) is 7.06. The molecule has 0 radical (unpaired) electrons. The number of ether oxygens (including phenoxy) is 2. The van der Waals surface area contributed by atoms with E-state index in [0.29, 0.717) is 5.56 Å². The lowest BCUT2D eigenvalue weighted by molar-refractivity contribution is 0.146. The summed E-state index contributed by atoms with van der Waals surface area (Å²) < 4.78 is 38.0. The molecule has 146 valence electrons. The molecule has 1 saturated heterocycles. The van der Waals surface area contributed by atoms with Crippen molar-refractivity contribution in [1.82, 2.24) is 15.3 Å². The largest absolute Gasteiger partial charge is 0.489 e. The van der Waals surface area contributed by atoms with Crippen molar-refractivity contribution in [2.45, 2.75) is 25.9 Å². The highest BCUT2D eigenvalue weighted by molar-refractivity contribution is 5.97. The van der Waals surface area contributed by atoms with Crippen molar-refractivity contribution in [1.29, 1.82) is 0 Å². The van der Waals surface area contributed by atoms with Crippen LogP contribution in [0.1, 0.15) is 24.0 Å². The van der Waals surface area contributed by atoms with Crippen molar-refractivity contribution >= 4 is 10.9 Å². The van der Waals surface area contributed by atoms with E-state index in [4.69, 9.17) is 9.47 Å². The van der Waals surface area contributed by atoms with Gasteiger partial charge in [-0.15, -0.1) is 0 Å². The predicted molar refractivity (Wildman–Crippen MR) is 103 cm³/mol. The third kappa shape index (κ3) is 3.38. The number of rotatable bonds is 5. The lowest BCUT2D eigenvalue weighted by atomic mass is 9.97. The molecular formula is C21H21F2N3O2. The quantitative estimate of drug-likeness (QED) is 0.710. The molecule has 1 atom stereocenters. The maximum Gasteiger partial charge on any atom is 0.269 e. The van der Waals surface area contributed by atoms with Gasteiger partial charge >= 0.3 is 0 Å². The number of halogens is 2. The highest BCUT2D eigenvalue weighted by Crippen LogP contribution is 2.37. The Bertz CT molecular complexity index is 1000. The van der Waals surface area contributed by atoms with Crippen LogP contribution in [-0.4, -0.2) is 36.3 Å². The van der Waals surface area contributed by atoms with Gasteiger partial charge in [-0.05, 0) is 49.7 Å². The molecule has 1 aromatic carbocycles. The number of benzene rings is 1. The van der Waals surface area contributed by atoms with Gasteiger partial charge in [-0.25, -0.2) is 13.8 Å². The summed E-state index contributed by atoms with van der Waals surface area (Å²) in [5.41, 5.74) is 2.86. The molecule has 7 heteroatoms. The first-order valence-electron chi connectivity index (χ1n) is 9.16. The number of hydrogen-bond donors (Lipinski definition) is 1. The molecule has 1 aliphatic rings. The van der Waals surface area contributed by atoms with Crippen LogP contribution in [0.15, 0.2) is 36.7 Å². The summed E-state index contributed by atoms with van der Waals surface area (Å²) >= 11 is 0. The lowest BCUT2D eigenvalue weighted by Crippen LogP contribution is -2.20. The second kappa shape index (κ2) is 7.67. The van der Waals surface area contributed by atoms with Crippen LogP contribution in [0.5, 0.6) is 11.6 Å². The molecule has 1 N–H and O–H groups in total. The monoisotopic (exact) mass is 385 g/mol. The summed E-state index contributed by atoms with van der Waals surface area (Å²) in [5.74, 6) is 0.720. The van der Waals surface area contributed by atoms with Gasteiger partial charge in [0.1, 0.15) is 11.9 Å². The number of fused-ring (bicyclic) bond motifs is 1. The van der Waals surface area contributed by atoms with Crippen LogP contribution in [0, 0.1) is 6.92 Å². The molecule has 4 rings (SSSR count). The fourth-order valence-corrected chi connectivity index (χ4v) is 3.62. The van der Waals surface area contributed by atoms with Crippen molar-refractivity contribution in [2.24, 2.45) is 0 Å². The van der Waals surface area contributed by atoms with Gasteiger partial charge in [0.15, 0.2) is 0 Å². The first-order chi connectivity index (χ1) is 13.6. The Morgan fingerprint density at radius 1 is 1.21 bits per heavy atom. The highest BCUT2D eigenvalue weighted by atomic mass is 19.3. The average molecular weight is 385 g/mol. The number of alkyl halides is 2. The van der Waals surface area contributed by atoms with Gasteiger partial charge in [0.05, 0.1) is 18.2 Å². The molecule has 0 spiro atoms. The van der Waals surface area contributed by atoms with Crippen LogP contribution in [0.25, 0.3) is 22.0 Å². The molecule has 0 saturated carbocycles. The van der Waals surface area contributed by atoms with Gasteiger partial charge in [0.25, 0.3) is 6.43 Å². The topological polar surface area (TPSA) is 56.3 Å². The Hall–Kier alpha value is -2.80. The van der Waals surface area contributed by atoms with Crippen molar-refractivity contribution in [3.8, 4) is 22.8 Å². The van der Waals surface area contributed by atoms with Crippen molar-refractivity contribution in [3.63, 3.8) is 0 Å². The van der Waals surface area contributed by atoms with E-state index < -0.39 is 6.43 Å². The molecule has 1 fully saturated rings. The second-order valence-corrected chi connectivity index (χ2v) is 6.80. The van der Waals surface area contributed by atoms with E-state index in [2.05, 4.69) is 15.3 Å². The highest BCUT2D eigenvalue weighted by Gasteiger charge is 2.20. The molecule has 28 heavy (non-hydrogen) atoms. The van der Waals surface area contributed by atoms with E-state index in [1.54, 1.807) is 12.4 Å². The molecule has 3 aromatic rings. The van der Waals surface area contributed by atoms with E-state index >= 15 is 0 Å². The minimum Gasteiger partial charge on any atom is -0.489 e. The van der Waals surface area contributed by atoms with Crippen LogP contribution in [-0.2, 0) is 0 Å². The van der Waals surface area contributed by atoms with E-state index in [1.165, 1.54) is 13.2 Å². The summed E-state index contributed by atoms with van der Waals surface area (Å²) in [6.45, 7) is 3.73. The van der Waals surface area contributed by atoms with Gasteiger partial charge in [0.2, 0.25) is 5.88 Å². The zero-order valence-electron chi connectivity index (χ0n) is 15.7. The predicted octanol–water partition coefficient (Wildman–Crippen LogP) is 4.29. The van der Waals surface area contributed by atoms with Crippen LogP contribution < -0.4 is 14.8 Å². The third-order valence-corrected chi connectivity index (χ3v) is 5.04. The van der Waals surface area contributed by atoms with Crippen molar-refractivity contribution in [3.05, 3.63) is 47.8 Å². The number of aryl methyl sites for hydroxylation is 1. The summed E-state index contributed by atoms with van der Waals surface area (Å²) in [4.78, 5) is 8.51. The van der Waals surface area contributed by atoms with E-state index in [-0.39, 0.29) is 17.5 Å². The number of methoxy groups -OCH3 is 1. The van der Waals surface area contributed by atoms with Crippen LogP contribution in [0.3, 0.4) is 0 Å². The van der Waals surface area contributed by atoms with Crippen molar-refractivity contribution in [2.75, 3.05) is 20.2 Å². The minimum atomic E-state index is -2.68. The van der Waals surface area contributed by atoms with E-state index in [9.17, 15) is 8.78 Å². The zero-order chi connectivity index (χ0) is 19.7. The summed E-state index contributed by atoms with van der Waals surface area (Å²) in [5, 5.41) is 4.16. The van der Waals surface area contributed by atoms with E-state index in [0.717, 1.165) is 47.3 Å². The van der Waals surface area contributed by atoms with Crippen LogP contribution in [0.2, 0.25) is 0 Å². The summed E-state index contributed by atoms with van der Waals surface area (Å²) in [7, 11) is 1.33. The summed E-state index contributed by atoms with van der Waals surface area (Å²) in [6.07, 6.45) is 1.63.